The fraction of sp³-hybridized carbons (Fsp3) is 0.467. The summed E-state index contributed by atoms with van der Waals surface area (Å²) in [6.45, 7) is 2.63. The highest BCUT2D eigenvalue weighted by Gasteiger charge is 2.21. The molecule has 0 radical (unpaired) electrons. The molecule has 5 nitrogen and oxygen atoms in total. The quantitative estimate of drug-likeness (QED) is 0.535. The maximum absolute atomic E-state index is 12.0. The minimum atomic E-state index is -0.997. The summed E-state index contributed by atoms with van der Waals surface area (Å²) in [6.07, 6.45) is 1.82. The molecule has 0 bridgehead atoms. The van der Waals surface area contributed by atoms with Gasteiger partial charge in [0.05, 0.1) is 7.11 Å². The van der Waals surface area contributed by atoms with Gasteiger partial charge in [0.15, 0.2) is 5.78 Å². The Kier molecular flexibility index (Phi) is 6.73. The first-order valence-corrected chi connectivity index (χ1v) is 6.72. The van der Waals surface area contributed by atoms with E-state index < -0.39 is 12.0 Å². The van der Waals surface area contributed by atoms with Crippen molar-refractivity contribution in [2.75, 3.05) is 13.7 Å². The first-order valence-electron chi connectivity index (χ1n) is 6.72. The maximum Gasteiger partial charge on any atom is 0.321 e. The van der Waals surface area contributed by atoms with Crippen LogP contribution in [0.3, 0.4) is 0 Å². The first-order chi connectivity index (χ1) is 9.58. The van der Waals surface area contributed by atoms with Crippen LogP contribution < -0.4 is 10.1 Å². The van der Waals surface area contributed by atoms with Crippen molar-refractivity contribution in [1.82, 2.24) is 5.32 Å². The number of Topliss-reactive ketones (excluding diaryl/α,β-unsaturated/α-hetero) is 1. The summed E-state index contributed by atoms with van der Waals surface area (Å²) in [5.41, 5.74) is 0.495. The van der Waals surface area contributed by atoms with Crippen molar-refractivity contribution in [2.24, 2.45) is 0 Å². The number of aliphatic carboxylic acids is 1. The molecule has 0 aromatic heterocycles. The molecule has 1 aromatic carbocycles. The molecule has 0 amide bonds. The van der Waals surface area contributed by atoms with Gasteiger partial charge in [0.25, 0.3) is 0 Å². The van der Waals surface area contributed by atoms with E-state index in [1.165, 1.54) is 0 Å². The molecule has 0 fully saturated rings. The number of carbonyl (C=O) groups is 2. The van der Waals surface area contributed by atoms with Gasteiger partial charge in [-0.1, -0.05) is 13.3 Å². The smallest absolute Gasteiger partial charge is 0.321 e. The van der Waals surface area contributed by atoms with E-state index in [2.05, 4.69) is 5.32 Å². The summed E-state index contributed by atoms with van der Waals surface area (Å²) in [7, 11) is 1.55. The predicted molar refractivity (Wildman–Crippen MR) is 76.3 cm³/mol. The third-order valence-electron chi connectivity index (χ3n) is 3.02. The van der Waals surface area contributed by atoms with E-state index in [4.69, 9.17) is 9.84 Å². The summed E-state index contributed by atoms with van der Waals surface area (Å²) in [4.78, 5) is 23.2. The number of rotatable bonds is 9. The van der Waals surface area contributed by atoms with E-state index in [-0.39, 0.29) is 12.2 Å². The van der Waals surface area contributed by atoms with Crippen LogP contribution in [0.2, 0.25) is 0 Å². The highest BCUT2D eigenvalue weighted by Crippen LogP contribution is 2.13. The number of unbranched alkanes of at least 4 members (excludes halogenated alkanes) is 1. The second-order valence-corrected chi connectivity index (χ2v) is 4.55. The van der Waals surface area contributed by atoms with Crippen molar-refractivity contribution in [3.63, 3.8) is 0 Å². The van der Waals surface area contributed by atoms with E-state index >= 15 is 0 Å². The number of hydrogen-bond donors (Lipinski definition) is 2. The summed E-state index contributed by atoms with van der Waals surface area (Å²) in [6, 6.07) is 5.83. The lowest BCUT2D eigenvalue weighted by Crippen LogP contribution is -2.39. The third-order valence-corrected chi connectivity index (χ3v) is 3.02. The molecule has 110 valence electrons. The van der Waals surface area contributed by atoms with Gasteiger partial charge in [-0.05, 0) is 37.2 Å². The molecule has 0 saturated carbocycles. The normalized spacial score (nSPS) is 11.9. The van der Waals surface area contributed by atoms with Crippen molar-refractivity contribution in [3.8, 4) is 5.75 Å². The zero-order valence-electron chi connectivity index (χ0n) is 11.9. The third kappa shape index (κ3) is 5.01. The summed E-state index contributed by atoms with van der Waals surface area (Å²) in [5.74, 6) is -0.524. The Hall–Kier alpha value is -1.88. The van der Waals surface area contributed by atoms with Gasteiger partial charge in [-0.25, -0.2) is 0 Å². The van der Waals surface area contributed by atoms with E-state index in [9.17, 15) is 9.59 Å². The molecule has 0 aliphatic rings. The summed E-state index contributed by atoms with van der Waals surface area (Å²) < 4.78 is 5.02. The van der Waals surface area contributed by atoms with Gasteiger partial charge in [-0.3, -0.25) is 9.59 Å². The van der Waals surface area contributed by atoms with Crippen molar-refractivity contribution in [2.45, 2.75) is 32.2 Å². The number of methoxy groups -OCH3 is 1. The standard InChI is InChI=1S/C15H21NO4/c1-3-4-9-16-13(15(18)19)10-14(17)11-5-7-12(20-2)8-6-11/h5-8,13,16H,3-4,9-10H2,1-2H3,(H,18,19). The van der Waals surface area contributed by atoms with Crippen molar-refractivity contribution in [1.29, 1.82) is 0 Å². The Morgan fingerprint density at radius 3 is 2.45 bits per heavy atom. The second-order valence-electron chi connectivity index (χ2n) is 4.55. The number of carbonyl (C=O) groups excluding carboxylic acids is 1. The number of hydrogen-bond acceptors (Lipinski definition) is 4. The van der Waals surface area contributed by atoms with Crippen LogP contribution in [0.25, 0.3) is 0 Å². The molecule has 0 spiro atoms. The molecule has 0 aliphatic carbocycles. The fourth-order valence-corrected chi connectivity index (χ4v) is 1.78. The van der Waals surface area contributed by atoms with E-state index in [0.717, 1.165) is 12.8 Å². The van der Waals surface area contributed by atoms with Crippen LogP contribution in [0, 0.1) is 0 Å². The van der Waals surface area contributed by atoms with Gasteiger partial charge < -0.3 is 15.2 Å². The average Bonchev–Trinajstić information content (AvgIpc) is 2.46. The van der Waals surface area contributed by atoms with Crippen LogP contribution in [-0.4, -0.2) is 36.6 Å². The van der Waals surface area contributed by atoms with E-state index in [0.29, 0.717) is 17.9 Å². The van der Waals surface area contributed by atoms with Crippen LogP contribution in [0.1, 0.15) is 36.5 Å². The molecular formula is C15H21NO4. The molecule has 1 unspecified atom stereocenters. The van der Waals surface area contributed by atoms with Crippen LogP contribution >= 0.6 is 0 Å². The van der Waals surface area contributed by atoms with Crippen LogP contribution in [0.4, 0.5) is 0 Å². The molecule has 2 N–H and O–H groups in total. The number of ether oxygens (including phenoxy) is 1. The van der Waals surface area contributed by atoms with Gasteiger partial charge in [-0.15, -0.1) is 0 Å². The lowest BCUT2D eigenvalue weighted by atomic mass is 10.0. The lowest BCUT2D eigenvalue weighted by molar-refractivity contribution is -0.139. The zero-order valence-corrected chi connectivity index (χ0v) is 11.9. The van der Waals surface area contributed by atoms with Gasteiger partial charge in [0.1, 0.15) is 11.8 Å². The molecule has 1 rings (SSSR count). The molecule has 1 atom stereocenters. The minimum absolute atomic E-state index is 0.0502. The molecular weight excluding hydrogens is 258 g/mol. The predicted octanol–water partition coefficient (Wildman–Crippen LogP) is 2.11. The lowest BCUT2D eigenvalue weighted by Gasteiger charge is -2.13. The molecule has 0 saturated heterocycles. The van der Waals surface area contributed by atoms with E-state index in [1.54, 1.807) is 31.4 Å². The first kappa shape index (κ1) is 16.2. The Morgan fingerprint density at radius 1 is 1.30 bits per heavy atom. The van der Waals surface area contributed by atoms with Crippen molar-refractivity contribution in [3.05, 3.63) is 29.8 Å². The molecule has 0 aliphatic heterocycles. The number of carboxylic acids is 1. The SMILES string of the molecule is CCCCNC(CC(=O)c1ccc(OC)cc1)C(=O)O. The largest absolute Gasteiger partial charge is 0.497 e. The second kappa shape index (κ2) is 8.32. The van der Waals surface area contributed by atoms with Gasteiger partial charge in [0, 0.05) is 12.0 Å². The van der Waals surface area contributed by atoms with Crippen LogP contribution in [0.5, 0.6) is 5.75 Å². The molecule has 20 heavy (non-hydrogen) atoms. The number of nitrogens with one attached hydrogen (secondary N) is 1. The Labute approximate surface area is 118 Å². The maximum atomic E-state index is 12.0. The highest BCUT2D eigenvalue weighted by atomic mass is 16.5. The Bertz CT molecular complexity index is 442. The highest BCUT2D eigenvalue weighted by molar-refractivity contribution is 5.98. The summed E-state index contributed by atoms with van der Waals surface area (Å²) in [5, 5.41) is 12.0. The number of carboxylic acid groups (broad SMARTS) is 1. The molecule has 1 aromatic rings. The topological polar surface area (TPSA) is 75.6 Å². The molecule has 0 heterocycles. The van der Waals surface area contributed by atoms with Gasteiger partial charge in [-0.2, -0.15) is 0 Å². The van der Waals surface area contributed by atoms with E-state index in [1.807, 2.05) is 6.92 Å². The Morgan fingerprint density at radius 2 is 1.95 bits per heavy atom. The van der Waals surface area contributed by atoms with Crippen LogP contribution in [-0.2, 0) is 4.79 Å². The Balaban J connectivity index is 2.62. The van der Waals surface area contributed by atoms with Crippen molar-refractivity contribution >= 4 is 11.8 Å². The number of ketones is 1. The van der Waals surface area contributed by atoms with Gasteiger partial charge in [0.2, 0.25) is 0 Å². The monoisotopic (exact) mass is 279 g/mol. The average molecular weight is 279 g/mol. The minimum Gasteiger partial charge on any atom is -0.497 e. The van der Waals surface area contributed by atoms with Crippen LogP contribution in [0.15, 0.2) is 24.3 Å². The molecule has 5 heteroatoms. The zero-order chi connectivity index (χ0) is 15.0. The number of benzene rings is 1. The van der Waals surface area contributed by atoms with Crippen molar-refractivity contribution < 1.29 is 19.4 Å². The summed E-state index contributed by atoms with van der Waals surface area (Å²) >= 11 is 0. The van der Waals surface area contributed by atoms with Gasteiger partial charge >= 0.3 is 5.97 Å². The fourth-order valence-electron chi connectivity index (χ4n) is 1.78.